The van der Waals surface area contributed by atoms with Crippen molar-refractivity contribution in [2.75, 3.05) is 13.1 Å². The van der Waals surface area contributed by atoms with E-state index in [-0.39, 0.29) is 11.6 Å². The molecule has 1 saturated heterocycles. The Morgan fingerprint density at radius 2 is 1.69 bits per heavy atom. The molecule has 2 aromatic carbocycles. The second-order valence-electron chi connectivity index (χ2n) is 9.61. The number of carbonyl (C=O) groups excluding carboxylic acids is 1. The van der Waals surface area contributed by atoms with Crippen LogP contribution in [0.4, 0.5) is 5.69 Å². The SMILES string of the molecule is Cc1nn(Cc2ccc(C(=O)NCc3ccc(CN4CCC[C@H](C)C4)cc3)cc2)c(C)c1[N+](=O)[O-]. The van der Waals surface area contributed by atoms with Gasteiger partial charge in [-0.15, -0.1) is 0 Å². The first-order chi connectivity index (χ1) is 16.8. The number of rotatable bonds is 8. The van der Waals surface area contributed by atoms with Crippen molar-refractivity contribution < 1.29 is 9.72 Å². The van der Waals surface area contributed by atoms with Crippen molar-refractivity contribution in [3.8, 4) is 0 Å². The number of benzene rings is 2. The summed E-state index contributed by atoms with van der Waals surface area (Å²) in [5.41, 5.74) is 4.83. The maximum Gasteiger partial charge on any atom is 0.312 e. The molecule has 1 amide bonds. The van der Waals surface area contributed by atoms with E-state index in [1.165, 1.54) is 24.9 Å². The normalized spacial score (nSPS) is 16.3. The highest BCUT2D eigenvalue weighted by Crippen LogP contribution is 2.23. The number of piperidine rings is 1. The number of likely N-dealkylation sites (tertiary alicyclic amines) is 1. The molecular formula is C27H33N5O3. The quantitative estimate of drug-likeness (QED) is 0.379. The lowest BCUT2D eigenvalue weighted by atomic mass is 9.99. The average molecular weight is 476 g/mol. The van der Waals surface area contributed by atoms with Crippen LogP contribution in [-0.4, -0.2) is 38.6 Å². The van der Waals surface area contributed by atoms with Gasteiger partial charge in [0.15, 0.2) is 0 Å². The number of aromatic nitrogens is 2. The fraction of sp³-hybridized carbons (Fsp3) is 0.407. The van der Waals surface area contributed by atoms with E-state index >= 15 is 0 Å². The summed E-state index contributed by atoms with van der Waals surface area (Å²) in [7, 11) is 0. The van der Waals surface area contributed by atoms with E-state index in [4.69, 9.17) is 0 Å². The minimum Gasteiger partial charge on any atom is -0.348 e. The van der Waals surface area contributed by atoms with Crippen LogP contribution in [0, 0.1) is 29.9 Å². The van der Waals surface area contributed by atoms with E-state index in [0.717, 1.165) is 30.1 Å². The van der Waals surface area contributed by atoms with Gasteiger partial charge >= 0.3 is 5.69 Å². The molecule has 0 spiro atoms. The minimum atomic E-state index is -0.399. The van der Waals surface area contributed by atoms with E-state index in [1.54, 1.807) is 30.7 Å². The number of hydrogen-bond acceptors (Lipinski definition) is 5. The average Bonchev–Trinajstić information content (AvgIpc) is 3.11. The first kappa shape index (κ1) is 24.6. The first-order valence-corrected chi connectivity index (χ1v) is 12.2. The van der Waals surface area contributed by atoms with Gasteiger partial charge in [-0.05, 0) is 68.0 Å². The maximum atomic E-state index is 12.6. The molecule has 3 aromatic rings. The highest BCUT2D eigenvalue weighted by atomic mass is 16.6. The third-order valence-electron chi connectivity index (χ3n) is 6.70. The number of aryl methyl sites for hydroxylation is 1. The van der Waals surface area contributed by atoms with Crippen LogP contribution in [0.1, 0.15) is 58.2 Å². The van der Waals surface area contributed by atoms with Crippen molar-refractivity contribution in [3.05, 3.63) is 92.3 Å². The van der Waals surface area contributed by atoms with Gasteiger partial charge in [0.2, 0.25) is 0 Å². The Hall–Kier alpha value is -3.52. The summed E-state index contributed by atoms with van der Waals surface area (Å²) in [4.78, 5) is 25.9. The van der Waals surface area contributed by atoms with Crippen LogP contribution in [-0.2, 0) is 19.6 Å². The lowest BCUT2D eigenvalue weighted by Crippen LogP contribution is -2.33. The molecule has 1 aromatic heterocycles. The molecule has 0 unspecified atom stereocenters. The van der Waals surface area contributed by atoms with Gasteiger partial charge in [0, 0.05) is 25.2 Å². The molecule has 2 heterocycles. The zero-order valence-corrected chi connectivity index (χ0v) is 20.7. The molecule has 184 valence electrons. The van der Waals surface area contributed by atoms with Gasteiger partial charge in [-0.1, -0.05) is 43.3 Å². The molecule has 4 rings (SSSR count). The highest BCUT2D eigenvalue weighted by molar-refractivity contribution is 5.94. The summed E-state index contributed by atoms with van der Waals surface area (Å²) in [5.74, 6) is 0.636. The summed E-state index contributed by atoms with van der Waals surface area (Å²) >= 11 is 0. The van der Waals surface area contributed by atoms with Crippen LogP contribution in [0.3, 0.4) is 0 Å². The summed E-state index contributed by atoms with van der Waals surface area (Å²) in [5, 5.41) is 18.5. The predicted octanol–water partition coefficient (Wildman–Crippen LogP) is 4.62. The van der Waals surface area contributed by atoms with Gasteiger partial charge in [-0.2, -0.15) is 5.10 Å². The van der Waals surface area contributed by atoms with Crippen LogP contribution < -0.4 is 5.32 Å². The van der Waals surface area contributed by atoms with Gasteiger partial charge in [0.25, 0.3) is 5.91 Å². The number of hydrogen-bond donors (Lipinski definition) is 1. The van der Waals surface area contributed by atoms with Crippen LogP contribution in [0.25, 0.3) is 0 Å². The summed E-state index contributed by atoms with van der Waals surface area (Å²) in [6.45, 7) is 9.84. The Bertz CT molecular complexity index is 1180. The van der Waals surface area contributed by atoms with E-state index in [2.05, 4.69) is 46.5 Å². The Morgan fingerprint density at radius 1 is 1.06 bits per heavy atom. The zero-order chi connectivity index (χ0) is 24.9. The maximum absolute atomic E-state index is 12.6. The largest absolute Gasteiger partial charge is 0.348 e. The summed E-state index contributed by atoms with van der Waals surface area (Å²) in [6.07, 6.45) is 2.60. The Labute approximate surface area is 206 Å². The third-order valence-corrected chi connectivity index (χ3v) is 6.70. The zero-order valence-electron chi connectivity index (χ0n) is 20.7. The molecule has 1 aliphatic rings. The highest BCUT2D eigenvalue weighted by Gasteiger charge is 2.21. The lowest BCUT2D eigenvalue weighted by Gasteiger charge is -2.30. The van der Waals surface area contributed by atoms with E-state index in [9.17, 15) is 14.9 Å². The standard InChI is InChI=1S/C27H33N5O3/c1-19-5-4-14-30(16-19)17-23-8-6-22(7-9-23)15-28-27(33)25-12-10-24(11-13-25)18-31-21(3)26(32(34)35)20(2)29-31/h6-13,19H,4-5,14-18H2,1-3H3,(H,28,33)/t19-/m0/s1. The van der Waals surface area contributed by atoms with Gasteiger partial charge < -0.3 is 5.32 Å². The molecule has 35 heavy (non-hydrogen) atoms. The van der Waals surface area contributed by atoms with Gasteiger partial charge in [0.05, 0.1) is 11.5 Å². The van der Waals surface area contributed by atoms with Crippen LogP contribution >= 0.6 is 0 Å². The van der Waals surface area contributed by atoms with Crippen molar-refractivity contribution >= 4 is 11.6 Å². The molecule has 0 radical (unpaired) electrons. The van der Waals surface area contributed by atoms with E-state index in [0.29, 0.717) is 30.0 Å². The molecule has 1 atom stereocenters. The molecule has 1 N–H and O–H groups in total. The molecule has 0 aliphatic carbocycles. The molecule has 1 aliphatic heterocycles. The fourth-order valence-electron chi connectivity index (χ4n) is 4.78. The molecule has 8 nitrogen and oxygen atoms in total. The van der Waals surface area contributed by atoms with Crippen LogP contribution in [0.2, 0.25) is 0 Å². The molecule has 0 saturated carbocycles. The van der Waals surface area contributed by atoms with E-state index < -0.39 is 4.92 Å². The number of nitro groups is 1. The molecule has 0 bridgehead atoms. The van der Waals surface area contributed by atoms with Crippen molar-refractivity contribution in [1.29, 1.82) is 0 Å². The third kappa shape index (κ3) is 6.14. The smallest absolute Gasteiger partial charge is 0.312 e. The van der Waals surface area contributed by atoms with Crippen molar-refractivity contribution in [3.63, 3.8) is 0 Å². The monoisotopic (exact) mass is 475 g/mol. The number of nitrogens with one attached hydrogen (secondary N) is 1. The van der Waals surface area contributed by atoms with Crippen molar-refractivity contribution in [2.45, 2.75) is 53.2 Å². The minimum absolute atomic E-state index is 0.0510. The van der Waals surface area contributed by atoms with Crippen molar-refractivity contribution in [1.82, 2.24) is 20.0 Å². The number of nitrogens with zero attached hydrogens (tertiary/aromatic N) is 4. The topological polar surface area (TPSA) is 93.3 Å². The lowest BCUT2D eigenvalue weighted by molar-refractivity contribution is -0.386. The van der Waals surface area contributed by atoms with Gasteiger partial charge in [0.1, 0.15) is 11.4 Å². The second-order valence-corrected chi connectivity index (χ2v) is 9.61. The summed E-state index contributed by atoms with van der Waals surface area (Å²) < 4.78 is 1.62. The van der Waals surface area contributed by atoms with E-state index in [1.807, 2.05) is 12.1 Å². The first-order valence-electron chi connectivity index (χ1n) is 12.2. The second kappa shape index (κ2) is 10.8. The van der Waals surface area contributed by atoms with Crippen LogP contribution in [0.5, 0.6) is 0 Å². The fourth-order valence-corrected chi connectivity index (χ4v) is 4.78. The van der Waals surface area contributed by atoms with Crippen LogP contribution in [0.15, 0.2) is 48.5 Å². The molecule has 1 fully saturated rings. The predicted molar refractivity (Wildman–Crippen MR) is 135 cm³/mol. The Balaban J connectivity index is 1.29. The van der Waals surface area contributed by atoms with Gasteiger partial charge in [-0.25, -0.2) is 0 Å². The van der Waals surface area contributed by atoms with Crippen molar-refractivity contribution in [2.24, 2.45) is 5.92 Å². The summed E-state index contributed by atoms with van der Waals surface area (Å²) in [6, 6.07) is 15.7. The van der Waals surface area contributed by atoms with Gasteiger partial charge in [-0.3, -0.25) is 24.5 Å². The Morgan fingerprint density at radius 3 is 2.31 bits per heavy atom. The Kier molecular flexibility index (Phi) is 7.60. The number of carbonyl (C=O) groups is 1. The number of amides is 1. The molecule has 8 heteroatoms. The molecular weight excluding hydrogens is 442 g/mol.